The first-order chi connectivity index (χ1) is 13.6. The number of benzene rings is 2. The van der Waals surface area contributed by atoms with Gasteiger partial charge in [-0.25, -0.2) is 4.79 Å². The Hall–Kier alpha value is -3.96. The minimum absolute atomic E-state index is 0.158. The molecule has 0 atom stereocenters. The van der Waals surface area contributed by atoms with Crippen molar-refractivity contribution in [1.29, 1.82) is 0 Å². The molecule has 1 aromatic heterocycles. The Morgan fingerprint density at radius 3 is 2.38 bits per heavy atom. The molecule has 29 heavy (non-hydrogen) atoms. The normalized spacial score (nSPS) is 11.3. The zero-order chi connectivity index (χ0) is 21.2. The molecule has 12 heteroatoms. The van der Waals surface area contributed by atoms with Gasteiger partial charge < -0.3 is 11.1 Å². The monoisotopic (exact) mass is 406 g/mol. The highest BCUT2D eigenvalue weighted by Crippen LogP contribution is 2.29. The van der Waals surface area contributed by atoms with E-state index in [0.29, 0.717) is 5.69 Å². The highest BCUT2D eigenvalue weighted by Gasteiger charge is 2.30. The summed E-state index contributed by atoms with van der Waals surface area (Å²) in [5, 5.41) is 9.62. The summed E-state index contributed by atoms with van der Waals surface area (Å²) >= 11 is 0. The third kappa shape index (κ3) is 4.48. The van der Waals surface area contributed by atoms with Crippen LogP contribution in [0.25, 0.3) is 5.69 Å². The largest absolute Gasteiger partial charge is 0.416 e. The van der Waals surface area contributed by atoms with Gasteiger partial charge in [-0.15, -0.1) is 0 Å². The highest BCUT2D eigenvalue weighted by atomic mass is 19.4. The number of nitrogens with two attached hydrogens (primary N) is 1. The number of nitrogens with one attached hydrogen (secondary N) is 1. The first kappa shape index (κ1) is 19.8. The molecule has 0 saturated carbocycles. The summed E-state index contributed by atoms with van der Waals surface area (Å²) in [6.45, 7) is -0.427. The average molecular weight is 406 g/mol. The quantitative estimate of drug-likeness (QED) is 0.658. The lowest BCUT2D eigenvalue weighted by atomic mass is 10.1. The van der Waals surface area contributed by atoms with E-state index < -0.39 is 35.8 Å². The number of halogens is 3. The predicted octanol–water partition coefficient (Wildman–Crippen LogP) is 1.19. The van der Waals surface area contributed by atoms with E-state index in [1.807, 2.05) is 0 Å². The van der Waals surface area contributed by atoms with Gasteiger partial charge >= 0.3 is 11.9 Å². The summed E-state index contributed by atoms with van der Waals surface area (Å²) < 4.78 is 40.0. The molecular formula is C17H13F3N6O3. The van der Waals surface area contributed by atoms with Crippen molar-refractivity contribution < 1.29 is 22.8 Å². The number of carbonyl (C=O) groups is 2. The van der Waals surface area contributed by atoms with Gasteiger partial charge in [-0.3, -0.25) is 9.59 Å². The molecule has 9 nitrogen and oxygen atoms in total. The van der Waals surface area contributed by atoms with Gasteiger partial charge in [-0.2, -0.15) is 22.5 Å². The van der Waals surface area contributed by atoms with Crippen LogP contribution in [0.5, 0.6) is 0 Å². The zero-order valence-corrected chi connectivity index (χ0v) is 14.6. The van der Waals surface area contributed by atoms with Gasteiger partial charge in [0.2, 0.25) is 5.91 Å². The molecular weight excluding hydrogens is 393 g/mol. The summed E-state index contributed by atoms with van der Waals surface area (Å²) in [6.07, 6.45) is -4.56. The molecule has 3 rings (SSSR count). The van der Waals surface area contributed by atoms with Crippen LogP contribution in [0.2, 0.25) is 0 Å². The Kier molecular flexibility index (Phi) is 5.17. The average Bonchev–Trinajstić information content (AvgIpc) is 3.01. The molecule has 2 amide bonds. The summed E-state index contributed by atoms with van der Waals surface area (Å²) in [7, 11) is 0. The van der Waals surface area contributed by atoms with Crippen molar-refractivity contribution in [3.05, 3.63) is 70.1 Å². The fraction of sp³-hybridized carbons (Fsp3) is 0.118. The van der Waals surface area contributed by atoms with E-state index in [2.05, 4.69) is 15.7 Å². The summed E-state index contributed by atoms with van der Waals surface area (Å²) in [5.41, 5.74) is 3.81. The summed E-state index contributed by atoms with van der Waals surface area (Å²) in [5.74, 6) is -1.49. The molecule has 0 aliphatic rings. The van der Waals surface area contributed by atoms with Crippen molar-refractivity contribution >= 4 is 17.5 Å². The third-order valence-corrected chi connectivity index (χ3v) is 3.77. The van der Waals surface area contributed by atoms with Crippen LogP contribution in [0.4, 0.5) is 18.9 Å². The molecule has 1 heterocycles. The molecule has 0 radical (unpaired) electrons. The molecule has 3 aromatic rings. The van der Waals surface area contributed by atoms with Gasteiger partial charge in [-0.05, 0) is 52.9 Å². The van der Waals surface area contributed by atoms with E-state index in [0.717, 1.165) is 27.6 Å². The second kappa shape index (κ2) is 7.58. The minimum Gasteiger partial charge on any atom is -0.368 e. The number of hydrogen-bond donors (Lipinski definition) is 2. The van der Waals surface area contributed by atoms with Gasteiger partial charge in [0, 0.05) is 11.3 Å². The Morgan fingerprint density at radius 2 is 1.76 bits per heavy atom. The molecule has 0 saturated heterocycles. The molecule has 3 N–H and O–H groups in total. The Morgan fingerprint density at radius 1 is 1.07 bits per heavy atom. The molecule has 0 aliphatic carbocycles. The van der Waals surface area contributed by atoms with Gasteiger partial charge in [0.25, 0.3) is 5.91 Å². The smallest absolute Gasteiger partial charge is 0.368 e. The summed E-state index contributed by atoms with van der Waals surface area (Å²) in [4.78, 5) is 35.2. The van der Waals surface area contributed by atoms with Crippen molar-refractivity contribution in [3.63, 3.8) is 0 Å². The third-order valence-electron chi connectivity index (χ3n) is 3.77. The van der Waals surface area contributed by atoms with Crippen LogP contribution in [0, 0.1) is 0 Å². The second-order valence-electron chi connectivity index (χ2n) is 5.88. The van der Waals surface area contributed by atoms with E-state index >= 15 is 0 Å². The number of tetrazole rings is 1. The molecule has 2 aromatic carbocycles. The molecule has 150 valence electrons. The Labute approximate surface area is 160 Å². The maximum atomic E-state index is 12.8. The van der Waals surface area contributed by atoms with Crippen LogP contribution in [-0.2, 0) is 17.5 Å². The lowest BCUT2D eigenvalue weighted by Gasteiger charge is -2.09. The number of hydrogen-bond acceptors (Lipinski definition) is 5. The van der Waals surface area contributed by atoms with Crippen molar-refractivity contribution in [3.8, 4) is 5.69 Å². The number of anilines is 1. The molecule has 0 fully saturated rings. The fourth-order valence-corrected chi connectivity index (χ4v) is 2.41. The van der Waals surface area contributed by atoms with Gasteiger partial charge in [0.1, 0.15) is 6.54 Å². The molecule has 0 spiro atoms. The van der Waals surface area contributed by atoms with Crippen LogP contribution in [0.15, 0.2) is 53.3 Å². The molecule has 0 aliphatic heterocycles. The molecule has 0 unspecified atom stereocenters. The van der Waals surface area contributed by atoms with Crippen molar-refractivity contribution in [2.75, 3.05) is 5.32 Å². The second-order valence-corrected chi connectivity index (χ2v) is 5.88. The standard InChI is InChI=1S/C17H13F3N6O3/c18-17(19,20)11-3-1-2-10(8-11)15(28)22-12-4-6-13(7-5-12)26-16(29)25(23-24-26)9-14(21)27/h1-8H,9H2,(H2,21,27)(H,22,28). The van der Waals surface area contributed by atoms with E-state index in [9.17, 15) is 27.6 Å². The maximum Gasteiger partial charge on any atom is 0.416 e. The van der Waals surface area contributed by atoms with Crippen LogP contribution in [0.3, 0.4) is 0 Å². The number of rotatable bonds is 5. The van der Waals surface area contributed by atoms with E-state index in [4.69, 9.17) is 5.73 Å². The van der Waals surface area contributed by atoms with Gasteiger partial charge in [0.05, 0.1) is 11.3 Å². The number of primary amides is 1. The van der Waals surface area contributed by atoms with E-state index in [1.54, 1.807) is 0 Å². The van der Waals surface area contributed by atoms with E-state index in [1.165, 1.54) is 30.3 Å². The minimum atomic E-state index is -4.56. The first-order valence-corrected chi connectivity index (χ1v) is 8.05. The van der Waals surface area contributed by atoms with Gasteiger partial charge in [-0.1, -0.05) is 6.07 Å². The van der Waals surface area contributed by atoms with Crippen molar-refractivity contribution in [1.82, 2.24) is 19.8 Å². The Bertz CT molecular complexity index is 1120. The number of nitrogens with zero attached hydrogens (tertiary/aromatic N) is 4. The van der Waals surface area contributed by atoms with Crippen LogP contribution < -0.4 is 16.7 Å². The first-order valence-electron chi connectivity index (χ1n) is 8.05. The highest BCUT2D eigenvalue weighted by molar-refractivity contribution is 6.04. The number of alkyl halides is 3. The van der Waals surface area contributed by atoms with Crippen LogP contribution >= 0.6 is 0 Å². The Balaban J connectivity index is 1.76. The van der Waals surface area contributed by atoms with Crippen molar-refractivity contribution in [2.24, 2.45) is 5.73 Å². The summed E-state index contributed by atoms with van der Waals surface area (Å²) in [6, 6.07) is 9.76. The molecule has 0 bridgehead atoms. The predicted molar refractivity (Wildman–Crippen MR) is 94.2 cm³/mol. The number of amides is 2. The number of aromatic nitrogens is 4. The zero-order valence-electron chi connectivity index (χ0n) is 14.6. The van der Waals surface area contributed by atoms with Crippen LogP contribution in [0.1, 0.15) is 15.9 Å². The lowest BCUT2D eigenvalue weighted by Crippen LogP contribution is -2.30. The fourth-order valence-electron chi connectivity index (χ4n) is 2.41. The SMILES string of the molecule is NC(=O)Cn1nnn(-c2ccc(NC(=O)c3cccc(C(F)(F)F)c3)cc2)c1=O. The maximum absolute atomic E-state index is 12.8. The lowest BCUT2D eigenvalue weighted by molar-refractivity contribution is -0.137. The number of carbonyl (C=O) groups excluding carboxylic acids is 2. The van der Waals surface area contributed by atoms with Gasteiger partial charge in [0.15, 0.2) is 0 Å². The van der Waals surface area contributed by atoms with E-state index in [-0.39, 0.29) is 11.3 Å². The van der Waals surface area contributed by atoms with Crippen LogP contribution in [-0.4, -0.2) is 31.6 Å². The topological polar surface area (TPSA) is 125 Å². The van der Waals surface area contributed by atoms with Crippen molar-refractivity contribution in [2.45, 2.75) is 12.7 Å².